The van der Waals surface area contributed by atoms with E-state index in [-0.39, 0.29) is 23.9 Å². The smallest absolute Gasteiger partial charge is 0.262 e. The van der Waals surface area contributed by atoms with Gasteiger partial charge in [-0.1, -0.05) is 30.3 Å². The zero-order chi connectivity index (χ0) is 21.0. The van der Waals surface area contributed by atoms with Crippen molar-refractivity contribution in [3.63, 3.8) is 0 Å². The van der Waals surface area contributed by atoms with Crippen molar-refractivity contribution >= 4 is 34.2 Å². The Bertz CT molecular complexity index is 869. The Morgan fingerprint density at radius 2 is 1.76 bits per heavy atom. The van der Waals surface area contributed by atoms with Crippen LogP contribution in [0.1, 0.15) is 44.2 Å². The van der Waals surface area contributed by atoms with E-state index in [2.05, 4.69) is 5.32 Å². The van der Waals surface area contributed by atoms with E-state index in [1.165, 1.54) is 4.31 Å². The van der Waals surface area contributed by atoms with Crippen LogP contribution in [0.4, 0.5) is 17.1 Å². The Hall–Kier alpha value is -2.58. The van der Waals surface area contributed by atoms with Crippen LogP contribution < -0.4 is 21.1 Å². The maximum Gasteiger partial charge on any atom is 0.262 e. The topological polar surface area (TPSA) is 122 Å². The molecule has 2 atom stereocenters. The molecule has 0 spiro atoms. The van der Waals surface area contributed by atoms with E-state index in [9.17, 15) is 13.6 Å². The molecule has 1 unspecified atom stereocenters. The van der Waals surface area contributed by atoms with Gasteiger partial charge in [0.1, 0.15) is 0 Å². The zero-order valence-corrected chi connectivity index (χ0v) is 17.3. The third-order valence-electron chi connectivity index (χ3n) is 5.55. The molecule has 1 aliphatic rings. The molecule has 0 saturated heterocycles. The second-order valence-electron chi connectivity index (χ2n) is 7.52. The van der Waals surface area contributed by atoms with Gasteiger partial charge in [0.2, 0.25) is 5.91 Å². The number of nitrogens with two attached hydrogens (primary N) is 2. The van der Waals surface area contributed by atoms with E-state index in [1.807, 2.05) is 37.3 Å². The summed E-state index contributed by atoms with van der Waals surface area (Å²) in [6, 6.07) is 14.6. The van der Waals surface area contributed by atoms with Gasteiger partial charge in [-0.15, -0.1) is 0 Å². The summed E-state index contributed by atoms with van der Waals surface area (Å²) in [7, 11) is 0. The predicted molar refractivity (Wildman–Crippen MR) is 117 cm³/mol. The minimum atomic E-state index is -2.19. The minimum Gasteiger partial charge on any atom is -0.397 e. The molecule has 1 saturated carbocycles. The maximum atomic E-state index is 12.7. The highest BCUT2D eigenvalue weighted by Crippen LogP contribution is 2.33. The number of hydrogen-bond acceptors (Lipinski definition) is 4. The monoisotopic (exact) mass is 416 g/mol. The first-order valence-electron chi connectivity index (χ1n) is 9.77. The Labute approximate surface area is 173 Å². The first-order chi connectivity index (χ1) is 13.9. The van der Waals surface area contributed by atoms with Gasteiger partial charge < -0.3 is 16.8 Å². The van der Waals surface area contributed by atoms with Crippen LogP contribution in [0.2, 0.25) is 0 Å². The summed E-state index contributed by atoms with van der Waals surface area (Å²) < 4.78 is 23.3. The van der Waals surface area contributed by atoms with Crippen molar-refractivity contribution in [1.82, 2.24) is 5.32 Å². The van der Waals surface area contributed by atoms with E-state index in [4.69, 9.17) is 11.5 Å². The van der Waals surface area contributed by atoms with Gasteiger partial charge in [0.15, 0.2) is 0 Å². The zero-order valence-electron chi connectivity index (χ0n) is 16.5. The third-order valence-corrected chi connectivity index (χ3v) is 6.40. The van der Waals surface area contributed by atoms with Crippen molar-refractivity contribution < 1.29 is 13.6 Å². The maximum absolute atomic E-state index is 12.7. The van der Waals surface area contributed by atoms with Crippen LogP contribution >= 0.6 is 0 Å². The lowest BCUT2D eigenvalue weighted by Gasteiger charge is -2.35. The van der Waals surface area contributed by atoms with E-state index in [1.54, 1.807) is 18.2 Å². The van der Waals surface area contributed by atoms with Crippen LogP contribution in [0.25, 0.3) is 0 Å². The van der Waals surface area contributed by atoms with Crippen LogP contribution in [0.15, 0.2) is 48.5 Å². The van der Waals surface area contributed by atoms with Gasteiger partial charge in [0, 0.05) is 12.0 Å². The average Bonchev–Trinajstić information content (AvgIpc) is 2.71. The minimum absolute atomic E-state index is 0.0354. The first-order valence-corrected chi connectivity index (χ1v) is 10.8. The summed E-state index contributed by atoms with van der Waals surface area (Å²) in [5.74, 6) is -0.0592. The molecule has 2 aromatic carbocycles. The summed E-state index contributed by atoms with van der Waals surface area (Å²) in [5.41, 5.74) is 14.0. The summed E-state index contributed by atoms with van der Waals surface area (Å²) in [6.07, 6.45) is 2.62. The number of anilines is 3. The Morgan fingerprint density at radius 1 is 1.10 bits per heavy atom. The molecular formula is C21H28N4O3S. The van der Waals surface area contributed by atoms with Crippen molar-refractivity contribution in [1.29, 1.82) is 0 Å². The normalized spacial score (nSPS) is 21.2. The Morgan fingerprint density at radius 3 is 2.34 bits per heavy atom. The molecule has 0 bridgehead atoms. The van der Waals surface area contributed by atoms with E-state index < -0.39 is 11.3 Å². The number of nitrogens with zero attached hydrogens (tertiary/aromatic N) is 1. The molecule has 1 fully saturated rings. The fourth-order valence-electron chi connectivity index (χ4n) is 3.86. The molecule has 0 aliphatic heterocycles. The fraction of sp³-hybridized carbons (Fsp3) is 0.381. The lowest BCUT2D eigenvalue weighted by Crippen LogP contribution is -2.42. The van der Waals surface area contributed by atoms with Gasteiger partial charge in [-0.25, -0.2) is 4.21 Å². The van der Waals surface area contributed by atoms with Crippen molar-refractivity contribution in [2.24, 2.45) is 5.92 Å². The van der Waals surface area contributed by atoms with Crippen LogP contribution in [0.3, 0.4) is 0 Å². The highest BCUT2D eigenvalue weighted by Gasteiger charge is 2.32. The summed E-state index contributed by atoms with van der Waals surface area (Å²) in [6.45, 7) is 1.97. The standard InChI is InChI=1S/C21H28N4O3S/c1-14(15-5-3-2-4-6-15)24-21(26)16-7-9-17(10-8-16)25(29(27)28)18-11-12-19(22)20(23)13-18/h2-6,11-14,16-17H,7-10,22-23H2,1H3,(H,24,26)(H,27,28)/t14-,16?,17?/m1/s1. The van der Waals surface area contributed by atoms with Crippen LogP contribution in [0.5, 0.6) is 0 Å². The van der Waals surface area contributed by atoms with E-state index >= 15 is 0 Å². The summed E-state index contributed by atoms with van der Waals surface area (Å²) in [5, 5.41) is 3.09. The number of rotatable bonds is 6. The number of amides is 1. The van der Waals surface area contributed by atoms with Crippen molar-refractivity contribution in [2.45, 2.75) is 44.7 Å². The van der Waals surface area contributed by atoms with E-state index in [0.717, 1.165) is 5.56 Å². The predicted octanol–water partition coefficient (Wildman–Crippen LogP) is 3.23. The van der Waals surface area contributed by atoms with E-state index in [0.29, 0.717) is 42.7 Å². The van der Waals surface area contributed by atoms with Crippen molar-refractivity contribution in [3.8, 4) is 0 Å². The molecule has 0 radical (unpaired) electrons. The number of nitrogens with one attached hydrogen (secondary N) is 1. The molecule has 156 valence electrons. The third kappa shape index (κ3) is 5.07. The molecule has 2 aromatic rings. The second kappa shape index (κ2) is 9.28. The Balaban J connectivity index is 1.61. The van der Waals surface area contributed by atoms with Gasteiger partial charge in [-0.2, -0.15) is 0 Å². The lowest BCUT2D eigenvalue weighted by atomic mass is 9.85. The summed E-state index contributed by atoms with van der Waals surface area (Å²) >= 11 is -2.19. The molecule has 1 amide bonds. The first kappa shape index (κ1) is 21.1. The van der Waals surface area contributed by atoms with Crippen LogP contribution in [-0.4, -0.2) is 20.7 Å². The molecule has 0 aromatic heterocycles. The second-order valence-corrected chi connectivity index (χ2v) is 8.37. The number of nitrogen functional groups attached to an aromatic ring is 2. The lowest BCUT2D eigenvalue weighted by molar-refractivity contribution is -0.126. The Kier molecular flexibility index (Phi) is 6.76. The molecular weight excluding hydrogens is 388 g/mol. The van der Waals surface area contributed by atoms with Gasteiger partial charge in [-0.3, -0.25) is 13.7 Å². The molecule has 0 heterocycles. The molecule has 7 nitrogen and oxygen atoms in total. The molecule has 29 heavy (non-hydrogen) atoms. The average molecular weight is 417 g/mol. The fourth-order valence-corrected chi connectivity index (χ4v) is 4.62. The highest BCUT2D eigenvalue weighted by atomic mass is 32.2. The van der Waals surface area contributed by atoms with Gasteiger partial charge >= 0.3 is 0 Å². The molecule has 8 heteroatoms. The van der Waals surface area contributed by atoms with Crippen LogP contribution in [0, 0.1) is 5.92 Å². The quantitative estimate of drug-likeness (QED) is 0.425. The van der Waals surface area contributed by atoms with Crippen LogP contribution in [-0.2, 0) is 16.1 Å². The highest BCUT2D eigenvalue weighted by molar-refractivity contribution is 7.80. The van der Waals surface area contributed by atoms with Gasteiger partial charge in [-0.05, 0) is 56.4 Å². The molecule has 1 aliphatic carbocycles. The SMILES string of the molecule is C[C@@H](NC(=O)C1CCC(N(c2ccc(N)c(N)c2)S(=O)O)CC1)c1ccccc1. The largest absolute Gasteiger partial charge is 0.397 e. The summed E-state index contributed by atoms with van der Waals surface area (Å²) in [4.78, 5) is 12.7. The van der Waals surface area contributed by atoms with Gasteiger partial charge in [0.05, 0.1) is 23.1 Å². The van der Waals surface area contributed by atoms with Crippen molar-refractivity contribution in [2.75, 3.05) is 15.8 Å². The number of benzene rings is 2. The van der Waals surface area contributed by atoms with Gasteiger partial charge in [0.25, 0.3) is 11.3 Å². The van der Waals surface area contributed by atoms with Crippen molar-refractivity contribution in [3.05, 3.63) is 54.1 Å². The number of carbonyl (C=O) groups is 1. The number of carbonyl (C=O) groups excluding carboxylic acids is 1. The molecule has 6 N–H and O–H groups in total. The number of hydrogen-bond donors (Lipinski definition) is 4. The molecule has 3 rings (SSSR count).